The van der Waals surface area contributed by atoms with Crippen LogP contribution in [0, 0.1) is 6.92 Å². The molecule has 0 spiro atoms. The second-order valence-electron chi connectivity index (χ2n) is 3.96. The van der Waals surface area contributed by atoms with Gasteiger partial charge in [0.1, 0.15) is 22.6 Å². The second kappa shape index (κ2) is 5.82. The smallest absolute Gasteiger partial charge is 0.213 e. The summed E-state index contributed by atoms with van der Waals surface area (Å²) in [4.78, 5) is 12.6. The van der Waals surface area contributed by atoms with Crippen molar-refractivity contribution in [3.8, 4) is 0 Å². The lowest BCUT2D eigenvalue weighted by atomic mass is 10.3. The molecule has 0 aliphatic heterocycles. The highest BCUT2D eigenvalue weighted by Crippen LogP contribution is 2.13. The number of oxazole rings is 1. The molecule has 0 aliphatic rings. The SMILES string of the molecule is CCCc1nc(Cl)cc(NCc2ncc(C)o2)n1. The molecule has 96 valence electrons. The normalized spacial score (nSPS) is 10.6. The molecule has 1 N–H and O–H groups in total. The molecular formula is C12H15ClN4O. The summed E-state index contributed by atoms with van der Waals surface area (Å²) in [7, 11) is 0. The highest BCUT2D eigenvalue weighted by molar-refractivity contribution is 6.29. The van der Waals surface area contributed by atoms with Crippen LogP contribution in [0.4, 0.5) is 5.82 Å². The van der Waals surface area contributed by atoms with Crippen molar-refractivity contribution in [1.29, 1.82) is 0 Å². The maximum Gasteiger partial charge on any atom is 0.213 e. The van der Waals surface area contributed by atoms with Gasteiger partial charge in [0.15, 0.2) is 0 Å². The summed E-state index contributed by atoms with van der Waals surface area (Å²) in [6.07, 6.45) is 3.48. The largest absolute Gasteiger partial charge is 0.444 e. The van der Waals surface area contributed by atoms with Gasteiger partial charge >= 0.3 is 0 Å². The summed E-state index contributed by atoms with van der Waals surface area (Å²) in [6, 6.07) is 1.69. The van der Waals surface area contributed by atoms with Crippen LogP contribution in [0.25, 0.3) is 0 Å². The van der Waals surface area contributed by atoms with Gasteiger partial charge in [0, 0.05) is 12.5 Å². The van der Waals surface area contributed by atoms with Crippen molar-refractivity contribution in [2.24, 2.45) is 0 Å². The third-order valence-corrected chi connectivity index (χ3v) is 2.50. The van der Waals surface area contributed by atoms with E-state index in [9.17, 15) is 0 Å². The van der Waals surface area contributed by atoms with Gasteiger partial charge in [-0.15, -0.1) is 0 Å². The molecule has 2 aromatic rings. The van der Waals surface area contributed by atoms with E-state index in [2.05, 4.69) is 27.2 Å². The van der Waals surface area contributed by atoms with Gasteiger partial charge in [-0.1, -0.05) is 18.5 Å². The summed E-state index contributed by atoms with van der Waals surface area (Å²) in [5.41, 5.74) is 0. The first-order chi connectivity index (χ1) is 8.67. The molecule has 0 atom stereocenters. The van der Waals surface area contributed by atoms with E-state index in [-0.39, 0.29) is 0 Å². The van der Waals surface area contributed by atoms with E-state index >= 15 is 0 Å². The molecule has 0 saturated heterocycles. The highest BCUT2D eigenvalue weighted by atomic mass is 35.5. The number of hydrogen-bond acceptors (Lipinski definition) is 5. The first-order valence-corrected chi connectivity index (χ1v) is 6.24. The molecule has 0 bridgehead atoms. The zero-order chi connectivity index (χ0) is 13.0. The summed E-state index contributed by atoms with van der Waals surface area (Å²) in [5, 5.41) is 3.57. The third-order valence-electron chi connectivity index (χ3n) is 2.30. The van der Waals surface area contributed by atoms with Gasteiger partial charge in [0.25, 0.3) is 0 Å². The van der Waals surface area contributed by atoms with Crippen LogP contribution in [0.2, 0.25) is 5.15 Å². The van der Waals surface area contributed by atoms with Gasteiger partial charge in [0.05, 0.1) is 12.7 Å². The molecule has 0 saturated carbocycles. The summed E-state index contributed by atoms with van der Waals surface area (Å²) >= 11 is 5.94. The molecule has 2 rings (SSSR count). The predicted molar refractivity (Wildman–Crippen MR) is 69.6 cm³/mol. The Bertz CT molecular complexity index is 527. The van der Waals surface area contributed by atoms with E-state index in [1.807, 2.05) is 6.92 Å². The van der Waals surface area contributed by atoms with Crippen molar-refractivity contribution >= 4 is 17.4 Å². The van der Waals surface area contributed by atoms with Crippen LogP contribution in [0.5, 0.6) is 0 Å². The van der Waals surface area contributed by atoms with E-state index in [4.69, 9.17) is 16.0 Å². The number of anilines is 1. The molecule has 0 unspecified atom stereocenters. The van der Waals surface area contributed by atoms with Gasteiger partial charge in [0.2, 0.25) is 5.89 Å². The monoisotopic (exact) mass is 266 g/mol. The van der Waals surface area contributed by atoms with E-state index < -0.39 is 0 Å². The van der Waals surface area contributed by atoms with E-state index in [1.54, 1.807) is 12.3 Å². The molecular weight excluding hydrogens is 252 g/mol. The van der Waals surface area contributed by atoms with Crippen molar-refractivity contribution in [2.75, 3.05) is 5.32 Å². The molecule has 0 aliphatic carbocycles. The number of hydrogen-bond donors (Lipinski definition) is 1. The average molecular weight is 267 g/mol. The molecule has 0 radical (unpaired) electrons. The zero-order valence-electron chi connectivity index (χ0n) is 10.4. The molecule has 0 fully saturated rings. The van der Waals surface area contributed by atoms with Crippen LogP contribution in [-0.2, 0) is 13.0 Å². The predicted octanol–water partition coefficient (Wildman–Crippen LogP) is 2.99. The van der Waals surface area contributed by atoms with Crippen molar-refractivity contribution in [2.45, 2.75) is 33.2 Å². The topological polar surface area (TPSA) is 63.8 Å². The summed E-state index contributed by atoms with van der Waals surface area (Å²) in [6.45, 7) is 4.41. The minimum Gasteiger partial charge on any atom is -0.444 e. The molecule has 18 heavy (non-hydrogen) atoms. The number of rotatable bonds is 5. The highest BCUT2D eigenvalue weighted by Gasteiger charge is 2.04. The quantitative estimate of drug-likeness (QED) is 0.843. The van der Waals surface area contributed by atoms with Gasteiger partial charge in [-0.2, -0.15) is 0 Å². The Morgan fingerprint density at radius 1 is 1.39 bits per heavy atom. The van der Waals surface area contributed by atoms with Crippen LogP contribution in [0.3, 0.4) is 0 Å². The number of nitrogens with one attached hydrogen (secondary N) is 1. The third kappa shape index (κ3) is 3.43. The lowest BCUT2D eigenvalue weighted by Crippen LogP contribution is -2.04. The molecule has 2 aromatic heterocycles. The summed E-state index contributed by atoms with van der Waals surface area (Å²) in [5.74, 6) is 2.85. The molecule has 5 nitrogen and oxygen atoms in total. The summed E-state index contributed by atoms with van der Waals surface area (Å²) < 4.78 is 5.36. The second-order valence-corrected chi connectivity index (χ2v) is 4.35. The van der Waals surface area contributed by atoms with Gasteiger partial charge in [-0.3, -0.25) is 0 Å². The van der Waals surface area contributed by atoms with Crippen LogP contribution < -0.4 is 5.32 Å². The first kappa shape index (κ1) is 12.8. The van der Waals surface area contributed by atoms with E-state index in [1.165, 1.54) is 0 Å². The number of halogens is 1. The first-order valence-electron chi connectivity index (χ1n) is 5.86. The average Bonchev–Trinajstić information content (AvgIpc) is 2.72. The Hall–Kier alpha value is -1.62. The fourth-order valence-corrected chi connectivity index (χ4v) is 1.74. The fraction of sp³-hybridized carbons (Fsp3) is 0.417. The number of nitrogens with zero attached hydrogens (tertiary/aromatic N) is 3. The Kier molecular flexibility index (Phi) is 4.15. The molecule has 0 amide bonds. The van der Waals surface area contributed by atoms with Crippen molar-refractivity contribution < 1.29 is 4.42 Å². The minimum atomic E-state index is 0.444. The number of aromatic nitrogens is 3. The lowest BCUT2D eigenvalue weighted by Gasteiger charge is -2.05. The minimum absolute atomic E-state index is 0.444. The fourth-order valence-electron chi connectivity index (χ4n) is 1.54. The standard InChI is InChI=1S/C12H15ClN4O/c1-3-4-10-16-9(13)5-11(17-10)14-7-12-15-6-8(2)18-12/h5-6H,3-4,7H2,1-2H3,(H,14,16,17). The maximum absolute atomic E-state index is 5.94. The van der Waals surface area contributed by atoms with Gasteiger partial charge in [-0.25, -0.2) is 15.0 Å². The van der Waals surface area contributed by atoms with Crippen LogP contribution in [0.1, 0.15) is 30.8 Å². The van der Waals surface area contributed by atoms with Gasteiger partial charge < -0.3 is 9.73 Å². The Morgan fingerprint density at radius 3 is 2.89 bits per heavy atom. The van der Waals surface area contributed by atoms with Crippen LogP contribution >= 0.6 is 11.6 Å². The maximum atomic E-state index is 5.94. The number of aryl methyl sites for hydroxylation is 2. The molecule has 6 heteroatoms. The molecule has 0 aromatic carbocycles. The lowest BCUT2D eigenvalue weighted by molar-refractivity contribution is 0.478. The Morgan fingerprint density at radius 2 is 2.22 bits per heavy atom. The van der Waals surface area contributed by atoms with Crippen LogP contribution in [-0.4, -0.2) is 15.0 Å². The zero-order valence-corrected chi connectivity index (χ0v) is 11.2. The Labute approximate surface area is 111 Å². The molecule has 2 heterocycles. The van der Waals surface area contributed by atoms with Crippen LogP contribution in [0.15, 0.2) is 16.7 Å². The van der Waals surface area contributed by atoms with Crippen molar-refractivity contribution in [1.82, 2.24) is 15.0 Å². The van der Waals surface area contributed by atoms with Gasteiger partial charge in [-0.05, 0) is 13.3 Å². The van der Waals surface area contributed by atoms with E-state index in [0.717, 1.165) is 24.4 Å². The van der Waals surface area contributed by atoms with E-state index in [0.29, 0.717) is 23.4 Å². The van der Waals surface area contributed by atoms with Crippen molar-refractivity contribution in [3.05, 3.63) is 34.9 Å². The Balaban J connectivity index is 2.04. The van der Waals surface area contributed by atoms with Crippen molar-refractivity contribution in [3.63, 3.8) is 0 Å².